The molecule has 0 saturated carbocycles. The molecular formula is C17H15BrFNO3. The number of fused-ring (bicyclic) bond motifs is 1. The number of carbonyl (C=O) groups excluding carboxylic acids is 1. The second-order valence-corrected chi connectivity index (χ2v) is 5.96. The number of ether oxygens (including phenoxy) is 2. The van der Waals surface area contributed by atoms with Crippen molar-refractivity contribution >= 4 is 21.8 Å². The maximum Gasteiger partial charge on any atom is 0.252 e. The molecule has 0 atom stereocenters. The van der Waals surface area contributed by atoms with Gasteiger partial charge in [0.2, 0.25) is 0 Å². The summed E-state index contributed by atoms with van der Waals surface area (Å²) in [4.78, 5) is 12.1. The second kappa shape index (κ2) is 7.00. The predicted octanol–water partition coefficient (Wildman–Crippen LogP) is 3.33. The highest BCUT2D eigenvalue weighted by molar-refractivity contribution is 9.10. The smallest absolute Gasteiger partial charge is 0.252 e. The van der Waals surface area contributed by atoms with Crippen LogP contribution in [0.5, 0.6) is 11.5 Å². The van der Waals surface area contributed by atoms with Gasteiger partial charge in [-0.15, -0.1) is 0 Å². The average Bonchev–Trinajstić information content (AvgIpc) is 2.57. The zero-order valence-corrected chi connectivity index (χ0v) is 13.9. The highest BCUT2D eigenvalue weighted by Gasteiger charge is 2.13. The van der Waals surface area contributed by atoms with Crippen LogP contribution in [0.15, 0.2) is 40.9 Å². The van der Waals surface area contributed by atoms with Crippen LogP contribution in [0.4, 0.5) is 4.39 Å². The lowest BCUT2D eigenvalue weighted by molar-refractivity contribution is 0.0953. The van der Waals surface area contributed by atoms with E-state index in [0.29, 0.717) is 30.7 Å². The molecule has 0 spiro atoms. The van der Waals surface area contributed by atoms with E-state index >= 15 is 0 Å². The molecule has 1 aliphatic rings. The van der Waals surface area contributed by atoms with Crippen LogP contribution in [0, 0.1) is 5.82 Å². The van der Waals surface area contributed by atoms with Crippen LogP contribution < -0.4 is 14.8 Å². The predicted molar refractivity (Wildman–Crippen MR) is 87.6 cm³/mol. The van der Waals surface area contributed by atoms with Gasteiger partial charge in [0.05, 0.1) is 5.56 Å². The third-order valence-corrected chi connectivity index (χ3v) is 4.17. The third-order valence-electron chi connectivity index (χ3n) is 3.48. The van der Waals surface area contributed by atoms with E-state index < -0.39 is 5.82 Å². The summed E-state index contributed by atoms with van der Waals surface area (Å²) in [5, 5.41) is 2.79. The van der Waals surface area contributed by atoms with E-state index in [4.69, 9.17) is 9.47 Å². The Morgan fingerprint density at radius 3 is 2.74 bits per heavy atom. The van der Waals surface area contributed by atoms with Crippen molar-refractivity contribution in [3.8, 4) is 11.5 Å². The monoisotopic (exact) mass is 379 g/mol. The van der Waals surface area contributed by atoms with Crippen LogP contribution in [0.25, 0.3) is 0 Å². The van der Waals surface area contributed by atoms with Gasteiger partial charge in [0.1, 0.15) is 19.0 Å². The summed E-state index contributed by atoms with van der Waals surface area (Å²) in [6.45, 7) is 1.55. The zero-order valence-electron chi connectivity index (χ0n) is 12.3. The van der Waals surface area contributed by atoms with E-state index in [0.717, 1.165) is 17.1 Å². The van der Waals surface area contributed by atoms with Crippen molar-refractivity contribution in [3.05, 3.63) is 57.8 Å². The van der Waals surface area contributed by atoms with Crippen molar-refractivity contribution in [3.63, 3.8) is 0 Å². The fourth-order valence-corrected chi connectivity index (χ4v) is 2.76. The summed E-state index contributed by atoms with van der Waals surface area (Å²) in [5.41, 5.74) is 1.32. The summed E-state index contributed by atoms with van der Waals surface area (Å²) < 4.78 is 24.8. The molecule has 1 N–H and O–H groups in total. The molecule has 3 rings (SSSR count). The topological polar surface area (TPSA) is 47.6 Å². The molecule has 2 aromatic rings. The molecule has 0 radical (unpaired) electrons. The fourth-order valence-electron chi connectivity index (χ4n) is 2.33. The first-order valence-electron chi connectivity index (χ1n) is 7.25. The first-order chi connectivity index (χ1) is 11.1. The van der Waals surface area contributed by atoms with Gasteiger partial charge in [0.25, 0.3) is 5.91 Å². The Bertz CT molecular complexity index is 736. The van der Waals surface area contributed by atoms with E-state index in [9.17, 15) is 9.18 Å². The van der Waals surface area contributed by atoms with Crippen molar-refractivity contribution in [1.29, 1.82) is 0 Å². The van der Waals surface area contributed by atoms with Gasteiger partial charge in [-0.25, -0.2) is 4.39 Å². The Morgan fingerprint density at radius 2 is 1.91 bits per heavy atom. The minimum absolute atomic E-state index is 0.284. The number of halogens is 2. The van der Waals surface area contributed by atoms with Crippen LogP contribution in [0.1, 0.15) is 15.9 Å². The summed E-state index contributed by atoms with van der Waals surface area (Å²) in [6.07, 6.45) is 0.648. The molecular weight excluding hydrogens is 365 g/mol. The number of nitrogens with one attached hydrogen (secondary N) is 1. The van der Waals surface area contributed by atoms with Crippen LogP contribution in [-0.2, 0) is 6.42 Å². The number of hydrogen-bond acceptors (Lipinski definition) is 3. The largest absolute Gasteiger partial charge is 0.486 e. The molecule has 1 heterocycles. The molecule has 0 unspecified atom stereocenters. The minimum atomic E-state index is -0.440. The Labute approximate surface area is 141 Å². The highest BCUT2D eigenvalue weighted by Crippen LogP contribution is 2.30. The quantitative estimate of drug-likeness (QED) is 0.885. The summed E-state index contributed by atoms with van der Waals surface area (Å²) in [7, 11) is 0. The SMILES string of the molecule is O=C(NCCc1ccc2c(c1)OCCO2)c1cc(F)ccc1Br. The average molecular weight is 380 g/mol. The van der Waals surface area contributed by atoms with E-state index in [1.165, 1.54) is 18.2 Å². The van der Waals surface area contributed by atoms with Gasteiger partial charge in [-0.2, -0.15) is 0 Å². The highest BCUT2D eigenvalue weighted by atomic mass is 79.9. The molecule has 0 aliphatic carbocycles. The molecule has 0 aromatic heterocycles. The van der Waals surface area contributed by atoms with E-state index in [1.807, 2.05) is 18.2 Å². The Balaban J connectivity index is 1.59. The maximum absolute atomic E-state index is 13.2. The Morgan fingerprint density at radius 1 is 1.13 bits per heavy atom. The first kappa shape index (κ1) is 15.8. The normalized spacial score (nSPS) is 12.8. The van der Waals surface area contributed by atoms with Gasteiger partial charge in [-0.1, -0.05) is 6.07 Å². The molecule has 0 bridgehead atoms. The molecule has 120 valence electrons. The lowest BCUT2D eigenvalue weighted by Gasteiger charge is -2.18. The molecule has 6 heteroatoms. The maximum atomic E-state index is 13.2. The van der Waals surface area contributed by atoms with Crippen LogP contribution in [-0.4, -0.2) is 25.7 Å². The van der Waals surface area contributed by atoms with Crippen molar-refractivity contribution in [2.24, 2.45) is 0 Å². The first-order valence-corrected chi connectivity index (χ1v) is 8.04. The summed E-state index contributed by atoms with van der Waals surface area (Å²) in [5.74, 6) is 0.722. The van der Waals surface area contributed by atoms with Gasteiger partial charge in [0, 0.05) is 11.0 Å². The van der Waals surface area contributed by atoms with Gasteiger partial charge < -0.3 is 14.8 Å². The number of hydrogen-bond donors (Lipinski definition) is 1. The summed E-state index contributed by atoms with van der Waals surface area (Å²) in [6, 6.07) is 9.76. The second-order valence-electron chi connectivity index (χ2n) is 5.11. The van der Waals surface area contributed by atoms with E-state index in [2.05, 4.69) is 21.2 Å². The standard InChI is InChI=1S/C17H15BrFNO3/c18-14-3-2-12(19)10-13(14)17(21)20-6-5-11-1-4-15-16(9-11)23-8-7-22-15/h1-4,9-10H,5-8H2,(H,20,21). The van der Waals surface area contributed by atoms with E-state index in [-0.39, 0.29) is 11.5 Å². The van der Waals surface area contributed by atoms with Gasteiger partial charge in [-0.05, 0) is 58.2 Å². The van der Waals surface area contributed by atoms with Crippen LogP contribution in [0.3, 0.4) is 0 Å². The lowest BCUT2D eigenvalue weighted by Crippen LogP contribution is -2.26. The molecule has 2 aromatic carbocycles. The Hall–Kier alpha value is -2.08. The van der Waals surface area contributed by atoms with Crippen molar-refractivity contribution < 1.29 is 18.7 Å². The number of carbonyl (C=O) groups is 1. The third kappa shape index (κ3) is 3.82. The van der Waals surface area contributed by atoms with Crippen molar-refractivity contribution in [2.75, 3.05) is 19.8 Å². The van der Waals surface area contributed by atoms with Gasteiger partial charge in [0.15, 0.2) is 11.5 Å². The van der Waals surface area contributed by atoms with Crippen molar-refractivity contribution in [2.45, 2.75) is 6.42 Å². The fraction of sp³-hybridized carbons (Fsp3) is 0.235. The number of rotatable bonds is 4. The molecule has 0 saturated heterocycles. The molecule has 1 amide bonds. The minimum Gasteiger partial charge on any atom is -0.486 e. The number of amides is 1. The van der Waals surface area contributed by atoms with Crippen LogP contribution in [0.2, 0.25) is 0 Å². The molecule has 0 fully saturated rings. The molecule has 23 heavy (non-hydrogen) atoms. The lowest BCUT2D eigenvalue weighted by atomic mass is 10.1. The molecule has 1 aliphatic heterocycles. The summed E-state index contributed by atoms with van der Waals surface area (Å²) >= 11 is 3.25. The van der Waals surface area contributed by atoms with Crippen molar-refractivity contribution in [1.82, 2.24) is 5.32 Å². The van der Waals surface area contributed by atoms with Gasteiger partial charge >= 0.3 is 0 Å². The zero-order chi connectivity index (χ0) is 16.2. The molecule has 4 nitrogen and oxygen atoms in total. The van der Waals surface area contributed by atoms with E-state index in [1.54, 1.807) is 0 Å². The van der Waals surface area contributed by atoms with Gasteiger partial charge in [-0.3, -0.25) is 4.79 Å². The van der Waals surface area contributed by atoms with Crippen LogP contribution >= 0.6 is 15.9 Å². The number of benzene rings is 2. The Kier molecular flexibility index (Phi) is 4.81.